The highest BCUT2D eigenvalue weighted by atomic mass is 32.1. The summed E-state index contributed by atoms with van der Waals surface area (Å²) in [6.45, 7) is 9.06. The number of ether oxygens (including phenoxy) is 2. The van der Waals surface area contributed by atoms with Gasteiger partial charge in [0.2, 0.25) is 0 Å². The lowest BCUT2D eigenvalue weighted by Crippen LogP contribution is -2.45. The van der Waals surface area contributed by atoms with Gasteiger partial charge in [-0.25, -0.2) is 0 Å². The number of thiazole rings is 1. The predicted molar refractivity (Wildman–Crippen MR) is 102 cm³/mol. The molecule has 1 aromatic heterocycles. The van der Waals surface area contributed by atoms with Crippen LogP contribution < -0.4 is 0 Å². The molecule has 0 saturated carbocycles. The maximum absolute atomic E-state index is 9.00. The van der Waals surface area contributed by atoms with E-state index in [-0.39, 0.29) is 23.9 Å². The van der Waals surface area contributed by atoms with Crippen molar-refractivity contribution in [1.82, 2.24) is 4.98 Å². The van der Waals surface area contributed by atoms with E-state index < -0.39 is 0 Å². The fourth-order valence-corrected chi connectivity index (χ4v) is 4.23. The molecule has 2 saturated heterocycles. The van der Waals surface area contributed by atoms with E-state index in [0.717, 1.165) is 28.9 Å². The summed E-state index contributed by atoms with van der Waals surface area (Å²) in [6.07, 6.45) is 1.78. The Bertz CT molecular complexity index is 661. The number of epoxide rings is 1. The summed E-state index contributed by atoms with van der Waals surface area (Å²) >= 11 is 6.59. The molecule has 0 bridgehead atoms. The van der Waals surface area contributed by atoms with Gasteiger partial charge in [0.05, 0.1) is 40.7 Å². The van der Waals surface area contributed by atoms with Gasteiger partial charge < -0.3 is 19.6 Å². The van der Waals surface area contributed by atoms with E-state index in [1.807, 2.05) is 32.0 Å². The third-order valence-electron chi connectivity index (χ3n) is 3.92. The number of benzene rings is 1. The Kier molecular flexibility index (Phi) is 6.56. The summed E-state index contributed by atoms with van der Waals surface area (Å²) in [4.78, 5) is 3.09. The molecular weight excluding hydrogens is 342 g/mol. The zero-order chi connectivity index (χ0) is 17.8. The second-order valence-corrected chi connectivity index (χ2v) is 8.26. The Hall–Kier alpha value is -0.790. The average molecular weight is 370 g/mol. The second kappa shape index (κ2) is 8.06. The lowest BCUT2D eigenvalue weighted by Gasteiger charge is -2.38. The van der Waals surface area contributed by atoms with E-state index in [0.29, 0.717) is 0 Å². The van der Waals surface area contributed by atoms with E-state index in [1.165, 1.54) is 4.70 Å². The van der Waals surface area contributed by atoms with E-state index in [1.54, 1.807) is 11.3 Å². The van der Waals surface area contributed by atoms with Gasteiger partial charge in [-0.2, -0.15) is 0 Å². The van der Waals surface area contributed by atoms with Gasteiger partial charge in [0.25, 0.3) is 0 Å². The number of aromatic amines is 1. The molecule has 4 rings (SSSR count). The molecule has 2 unspecified atom stereocenters. The molecule has 24 heavy (non-hydrogen) atoms. The van der Waals surface area contributed by atoms with Crippen molar-refractivity contribution >= 4 is 33.8 Å². The largest absolute Gasteiger partial charge is 0.394 e. The summed E-state index contributed by atoms with van der Waals surface area (Å²) in [7, 11) is 0. The van der Waals surface area contributed by atoms with E-state index >= 15 is 0 Å². The Labute approximate surface area is 152 Å². The average Bonchev–Trinajstić information content (AvgIpc) is 3.15. The van der Waals surface area contributed by atoms with Crippen molar-refractivity contribution in [3.63, 3.8) is 0 Å². The summed E-state index contributed by atoms with van der Waals surface area (Å²) in [5.41, 5.74) is 1.05. The number of H-pyrrole nitrogens is 1. The number of aliphatic hydroxyl groups is 1. The van der Waals surface area contributed by atoms with Crippen molar-refractivity contribution in [2.45, 2.75) is 57.8 Å². The molecule has 2 aliphatic heterocycles. The van der Waals surface area contributed by atoms with Crippen LogP contribution in [-0.2, 0) is 9.47 Å². The number of hydrogen-bond acceptors (Lipinski definition) is 5. The Morgan fingerprint density at radius 2 is 2.00 bits per heavy atom. The van der Waals surface area contributed by atoms with Crippen LogP contribution in [0.25, 0.3) is 10.2 Å². The summed E-state index contributed by atoms with van der Waals surface area (Å²) in [5, 5.41) is 9.00. The Morgan fingerprint density at radius 3 is 2.58 bits per heavy atom. The first-order chi connectivity index (χ1) is 11.4. The molecule has 1 spiro atoms. The monoisotopic (exact) mass is 369 g/mol. The lowest BCUT2D eigenvalue weighted by atomic mass is 9.86. The molecule has 2 aromatic rings. The van der Waals surface area contributed by atoms with Crippen LogP contribution in [0.3, 0.4) is 0 Å². The molecule has 3 heterocycles. The van der Waals surface area contributed by atoms with Crippen LogP contribution in [0.4, 0.5) is 0 Å². The van der Waals surface area contributed by atoms with Crippen LogP contribution in [0.1, 0.15) is 40.5 Å². The first kappa shape index (κ1) is 19.5. The smallest absolute Gasteiger partial charge is 0.159 e. The van der Waals surface area contributed by atoms with Gasteiger partial charge in [0.1, 0.15) is 0 Å². The summed E-state index contributed by atoms with van der Waals surface area (Å²) < 4.78 is 13.2. The summed E-state index contributed by atoms with van der Waals surface area (Å²) in [6, 6.07) is 8.11. The number of aromatic nitrogens is 1. The highest BCUT2D eigenvalue weighted by Gasteiger charge is 2.53. The van der Waals surface area contributed by atoms with Crippen molar-refractivity contribution in [2.75, 3.05) is 13.2 Å². The topological polar surface area (TPSA) is 57.8 Å². The van der Waals surface area contributed by atoms with Crippen molar-refractivity contribution in [3.05, 3.63) is 28.2 Å². The quantitative estimate of drug-likeness (QED) is 0.565. The van der Waals surface area contributed by atoms with Crippen LogP contribution in [0.15, 0.2) is 24.3 Å². The highest BCUT2D eigenvalue weighted by Crippen LogP contribution is 2.45. The minimum atomic E-state index is -0.137. The molecule has 6 heteroatoms. The molecule has 0 aliphatic carbocycles. The molecule has 134 valence electrons. The number of rotatable bonds is 1. The number of nitrogens with one attached hydrogen (secondary N) is 1. The number of aliphatic hydroxyl groups excluding tert-OH is 1. The van der Waals surface area contributed by atoms with Crippen LogP contribution in [-0.4, -0.2) is 40.6 Å². The van der Waals surface area contributed by atoms with Gasteiger partial charge in [-0.05, 0) is 38.2 Å². The SMILES string of the molecule is CC.CC1(C)CC2(CO2)CC(CO)O1.S=c1[nH]c2ccccc2s1. The third-order valence-corrected chi connectivity index (χ3v) is 5.13. The van der Waals surface area contributed by atoms with E-state index in [2.05, 4.69) is 24.9 Å². The third kappa shape index (κ3) is 5.10. The normalized spacial score (nSPS) is 27.0. The minimum Gasteiger partial charge on any atom is -0.394 e. The molecule has 4 nitrogen and oxygen atoms in total. The molecule has 2 fully saturated rings. The number of hydrogen-bond donors (Lipinski definition) is 2. The number of para-hydroxylation sites is 1. The first-order valence-electron chi connectivity index (χ1n) is 8.42. The Morgan fingerprint density at radius 1 is 1.33 bits per heavy atom. The van der Waals surface area contributed by atoms with Crippen LogP contribution in [0.2, 0.25) is 0 Å². The fourth-order valence-electron chi connectivity index (χ4n) is 3.12. The highest BCUT2D eigenvalue weighted by molar-refractivity contribution is 7.73. The molecule has 0 radical (unpaired) electrons. The summed E-state index contributed by atoms with van der Waals surface area (Å²) in [5.74, 6) is 0. The van der Waals surface area contributed by atoms with Crippen LogP contribution in [0.5, 0.6) is 0 Å². The molecule has 2 aliphatic rings. The maximum Gasteiger partial charge on any atom is 0.159 e. The van der Waals surface area contributed by atoms with Crippen LogP contribution in [0, 0.1) is 3.95 Å². The second-order valence-electron chi connectivity index (χ2n) is 6.55. The molecular formula is C18H27NO3S2. The van der Waals surface area contributed by atoms with Gasteiger partial charge >= 0.3 is 0 Å². The molecule has 0 amide bonds. The maximum atomic E-state index is 9.00. The van der Waals surface area contributed by atoms with Crippen LogP contribution >= 0.6 is 23.6 Å². The van der Waals surface area contributed by atoms with Gasteiger partial charge in [-0.3, -0.25) is 0 Å². The van der Waals surface area contributed by atoms with Crippen molar-refractivity contribution < 1.29 is 14.6 Å². The zero-order valence-corrected chi connectivity index (χ0v) is 16.4. The minimum absolute atomic E-state index is 0.0313. The van der Waals surface area contributed by atoms with Crippen molar-refractivity contribution in [3.8, 4) is 0 Å². The van der Waals surface area contributed by atoms with Gasteiger partial charge in [0, 0.05) is 12.8 Å². The van der Waals surface area contributed by atoms with Gasteiger partial charge in [-0.15, -0.1) is 11.3 Å². The first-order valence-corrected chi connectivity index (χ1v) is 9.64. The Balaban J connectivity index is 0.000000160. The fraction of sp³-hybridized carbons (Fsp3) is 0.611. The zero-order valence-electron chi connectivity index (χ0n) is 14.8. The molecule has 1 aromatic carbocycles. The van der Waals surface area contributed by atoms with Crippen molar-refractivity contribution in [1.29, 1.82) is 0 Å². The lowest BCUT2D eigenvalue weighted by molar-refractivity contribution is -0.144. The van der Waals surface area contributed by atoms with Crippen molar-refractivity contribution in [2.24, 2.45) is 0 Å². The number of fused-ring (bicyclic) bond motifs is 1. The standard InChI is InChI=1S/C9H16O3.C7H5NS2.C2H6/c1-8(2)5-9(6-11-9)3-7(4-10)12-8;9-7-8-5-3-1-2-4-6(5)10-7;1-2/h7,10H,3-6H2,1-2H3;1-4H,(H,8,9);1-2H3. The van der Waals surface area contributed by atoms with E-state index in [4.69, 9.17) is 26.8 Å². The predicted octanol–water partition coefficient (Wildman–Crippen LogP) is 4.69. The van der Waals surface area contributed by atoms with Gasteiger partial charge in [-0.1, -0.05) is 26.0 Å². The molecule has 2 atom stereocenters. The van der Waals surface area contributed by atoms with Gasteiger partial charge in [0.15, 0.2) is 3.95 Å². The van der Waals surface area contributed by atoms with E-state index in [9.17, 15) is 0 Å². The molecule has 2 N–H and O–H groups in total.